The summed E-state index contributed by atoms with van der Waals surface area (Å²) in [6.45, 7) is 6.17. The summed E-state index contributed by atoms with van der Waals surface area (Å²) in [5.74, 6) is -8.05. The lowest BCUT2D eigenvalue weighted by atomic mass is 9.97. The van der Waals surface area contributed by atoms with Gasteiger partial charge in [0.25, 0.3) is 17.7 Å². The standard InChI is InChI=1S/C33H37FN8O11S2/c1-14-17(12-42-7-4-16(5-8-42)40(6-9-42)27(46)21(38-52)15-10-18(34)25(44)20(43)11-15)24(30(48)49)41-28(47)23(29(41)55-14)37-26(45)22(19-13-54-32(35)36-19)39-53-33(2,3)31(50)51/h10-11,13-14,16,23,29H,4-9,12H2,1-3H3,(H7-,35,36,37,38,39,43,44,45,46,48,49,50,51,52)/p+1/t14-,16?,23+,29+,42?/m0/s1. The third-order valence-electron chi connectivity index (χ3n) is 10.3. The van der Waals surface area contributed by atoms with Crippen molar-refractivity contribution in [2.45, 2.75) is 61.9 Å². The van der Waals surface area contributed by atoms with Crippen LogP contribution in [0, 0.1) is 5.82 Å². The number of amides is 3. The van der Waals surface area contributed by atoms with Crippen LogP contribution in [-0.2, 0) is 28.8 Å². The van der Waals surface area contributed by atoms with Crippen LogP contribution in [0.25, 0.3) is 0 Å². The lowest BCUT2D eigenvalue weighted by molar-refractivity contribution is -0.925. The van der Waals surface area contributed by atoms with Gasteiger partial charge in [0.15, 0.2) is 33.9 Å². The van der Waals surface area contributed by atoms with Crippen LogP contribution in [0.2, 0.25) is 0 Å². The maximum Gasteiger partial charge on any atom is 0.352 e. The number of quaternary nitrogens is 1. The zero-order valence-corrected chi connectivity index (χ0v) is 31.3. The van der Waals surface area contributed by atoms with E-state index >= 15 is 0 Å². The van der Waals surface area contributed by atoms with E-state index < -0.39 is 80.7 Å². The number of nitrogens with two attached hydrogens (primary N) is 1. The molecule has 7 rings (SSSR count). The van der Waals surface area contributed by atoms with Crippen molar-refractivity contribution in [2.24, 2.45) is 10.3 Å². The number of oxime groups is 2. The van der Waals surface area contributed by atoms with Crippen molar-refractivity contribution in [1.29, 1.82) is 0 Å². The van der Waals surface area contributed by atoms with Crippen molar-refractivity contribution in [3.05, 3.63) is 45.9 Å². The molecule has 4 fully saturated rings. The molecule has 2 aromatic rings. The number of hydrogen-bond acceptors (Lipinski definition) is 15. The third kappa shape index (κ3) is 7.23. The van der Waals surface area contributed by atoms with Crippen molar-refractivity contribution < 1.29 is 63.3 Å². The summed E-state index contributed by atoms with van der Waals surface area (Å²) in [5, 5.41) is 58.9. The Kier molecular flexibility index (Phi) is 10.4. The molecule has 3 amide bonds. The van der Waals surface area contributed by atoms with Gasteiger partial charge in [-0.3, -0.25) is 19.3 Å². The topological polar surface area (TPSA) is 278 Å². The molecule has 294 valence electrons. The largest absolute Gasteiger partial charge is 0.504 e. The van der Waals surface area contributed by atoms with Gasteiger partial charge < -0.3 is 50.9 Å². The van der Waals surface area contributed by atoms with Crippen molar-refractivity contribution in [3.63, 3.8) is 0 Å². The number of carbonyl (C=O) groups is 5. The molecule has 8 N–H and O–H groups in total. The second-order valence-corrected chi connectivity index (χ2v) is 16.5. The monoisotopic (exact) mass is 805 g/mol. The van der Waals surface area contributed by atoms with Gasteiger partial charge in [-0.1, -0.05) is 10.3 Å². The Morgan fingerprint density at radius 2 is 1.84 bits per heavy atom. The minimum Gasteiger partial charge on any atom is -0.504 e. The molecule has 0 unspecified atom stereocenters. The average molecular weight is 806 g/mol. The van der Waals surface area contributed by atoms with Gasteiger partial charge in [-0.2, -0.15) is 0 Å². The van der Waals surface area contributed by atoms with Gasteiger partial charge in [-0.05, 0) is 32.9 Å². The van der Waals surface area contributed by atoms with E-state index in [-0.39, 0.29) is 41.2 Å². The van der Waals surface area contributed by atoms with Crippen LogP contribution in [0.15, 0.2) is 39.1 Å². The van der Waals surface area contributed by atoms with Gasteiger partial charge in [-0.15, -0.1) is 23.1 Å². The Labute approximate surface area is 320 Å². The Bertz CT molecular complexity index is 2040. The minimum atomic E-state index is -1.82. The van der Waals surface area contributed by atoms with E-state index in [1.54, 1.807) is 0 Å². The Morgan fingerprint density at radius 1 is 1.15 bits per heavy atom. The highest BCUT2D eigenvalue weighted by Crippen LogP contribution is 2.45. The van der Waals surface area contributed by atoms with Gasteiger partial charge in [-0.25, -0.2) is 19.0 Å². The summed E-state index contributed by atoms with van der Waals surface area (Å²) < 4.78 is 14.6. The molecule has 0 spiro atoms. The second kappa shape index (κ2) is 14.6. The first-order valence-electron chi connectivity index (χ1n) is 16.9. The number of nitrogens with zero attached hydrogens (tertiary/aromatic N) is 6. The number of halogens is 1. The molecular weight excluding hydrogens is 768 g/mol. The zero-order valence-electron chi connectivity index (χ0n) is 29.6. The average Bonchev–Trinajstić information content (AvgIpc) is 3.37. The number of anilines is 1. The maximum absolute atomic E-state index is 14.2. The highest BCUT2D eigenvalue weighted by molar-refractivity contribution is 8.00. The summed E-state index contributed by atoms with van der Waals surface area (Å²) in [7, 11) is 0. The number of phenols is 2. The lowest BCUT2D eigenvalue weighted by Crippen LogP contribution is -2.72. The molecule has 19 nitrogen and oxygen atoms in total. The van der Waals surface area contributed by atoms with Gasteiger partial charge in [0.1, 0.15) is 29.4 Å². The number of thiazole rings is 1. The highest BCUT2D eigenvalue weighted by atomic mass is 32.2. The number of fused-ring (bicyclic) bond motifs is 5. The number of nitrogen functional groups attached to an aromatic ring is 1. The molecule has 0 saturated carbocycles. The number of aliphatic carboxylic acids is 2. The van der Waals surface area contributed by atoms with E-state index in [1.807, 2.05) is 6.92 Å². The van der Waals surface area contributed by atoms with Crippen LogP contribution in [0.1, 0.15) is 44.9 Å². The number of benzene rings is 1. The fraction of sp³-hybridized carbons (Fsp3) is 0.455. The summed E-state index contributed by atoms with van der Waals surface area (Å²) in [4.78, 5) is 77.1. The number of carboxylic acids is 2. The normalized spacial score (nSPS) is 25.6. The van der Waals surface area contributed by atoms with Crippen molar-refractivity contribution in [3.8, 4) is 11.5 Å². The van der Waals surface area contributed by atoms with Crippen LogP contribution in [0.4, 0.5) is 9.52 Å². The number of aromatic nitrogens is 1. The number of aromatic hydroxyl groups is 2. The van der Waals surface area contributed by atoms with E-state index in [0.717, 1.165) is 28.4 Å². The molecule has 0 aliphatic carbocycles. The highest BCUT2D eigenvalue weighted by Gasteiger charge is 2.57. The van der Waals surface area contributed by atoms with Crippen LogP contribution < -0.4 is 11.1 Å². The van der Waals surface area contributed by atoms with Crippen molar-refractivity contribution >= 4 is 69.3 Å². The Hall–Kier alpha value is -5.48. The van der Waals surface area contributed by atoms with E-state index in [9.17, 15) is 54.0 Å². The fourth-order valence-corrected chi connectivity index (χ4v) is 9.14. The number of carboxylic acid groups (broad SMARTS) is 2. The predicted octanol–water partition coefficient (Wildman–Crippen LogP) is 0.687. The fourth-order valence-electron chi connectivity index (χ4n) is 7.15. The molecule has 6 heterocycles. The van der Waals surface area contributed by atoms with E-state index in [4.69, 9.17) is 10.6 Å². The maximum atomic E-state index is 14.2. The molecule has 0 radical (unpaired) electrons. The molecule has 55 heavy (non-hydrogen) atoms. The van der Waals surface area contributed by atoms with Crippen LogP contribution in [-0.4, -0.2) is 147 Å². The lowest BCUT2D eigenvalue weighted by Gasteiger charge is -2.52. The van der Waals surface area contributed by atoms with Crippen LogP contribution >= 0.6 is 23.1 Å². The molecule has 4 saturated heterocycles. The molecule has 3 atom stereocenters. The minimum absolute atomic E-state index is 0.0216. The van der Waals surface area contributed by atoms with Gasteiger partial charge in [0.05, 0.1) is 26.2 Å². The number of hydrogen-bond donors (Lipinski definition) is 7. The molecule has 5 aliphatic rings. The Morgan fingerprint density at radius 3 is 2.42 bits per heavy atom. The zero-order chi connectivity index (χ0) is 40.1. The predicted molar refractivity (Wildman–Crippen MR) is 193 cm³/mol. The van der Waals surface area contributed by atoms with Crippen LogP contribution in [0.5, 0.6) is 11.5 Å². The molecule has 1 aromatic heterocycles. The first-order chi connectivity index (χ1) is 25.9. The first kappa shape index (κ1) is 39.2. The molecule has 22 heteroatoms. The summed E-state index contributed by atoms with van der Waals surface area (Å²) in [5.41, 5.74) is 3.01. The molecule has 5 aliphatic heterocycles. The summed E-state index contributed by atoms with van der Waals surface area (Å²) in [6.07, 6.45) is 1.02. The second-order valence-electron chi connectivity index (χ2n) is 14.1. The Balaban J connectivity index is 1.20. The summed E-state index contributed by atoms with van der Waals surface area (Å²) >= 11 is 2.28. The number of β-lactam (4-membered cyclic amide) rings is 1. The van der Waals surface area contributed by atoms with Gasteiger partial charge >= 0.3 is 11.9 Å². The van der Waals surface area contributed by atoms with E-state index in [2.05, 4.69) is 20.6 Å². The number of carbonyl (C=O) groups excluding carboxylic acids is 3. The number of rotatable bonds is 11. The van der Waals surface area contributed by atoms with Gasteiger partial charge in [0.2, 0.25) is 5.60 Å². The van der Waals surface area contributed by atoms with Crippen LogP contribution in [0.3, 0.4) is 0 Å². The SMILES string of the molecule is C[C@@H]1S[C@@H]2[C@H](NC(=O)/C(=N\OC(C)(C)C(=O)O)c3csc(N)n3)C(=O)N2C(C(=O)O)=C1C[N+]12CCC(CC1)N(C(=O)C(=NO)c1cc(O)c(O)c(F)c1)CC2. The number of phenolic OH excluding ortho intramolecular Hbond substituents is 2. The summed E-state index contributed by atoms with van der Waals surface area (Å²) in [6, 6.07) is 0.247. The smallest absolute Gasteiger partial charge is 0.352 e. The third-order valence-corrected chi connectivity index (χ3v) is 12.4. The number of nitrogens with one attached hydrogen (secondary N) is 1. The molecule has 2 bridgehead atoms. The van der Waals surface area contributed by atoms with E-state index in [1.165, 1.54) is 35.9 Å². The number of thioether (sulfide) groups is 1. The van der Waals surface area contributed by atoms with Gasteiger partial charge in [0, 0.05) is 40.7 Å². The quantitative estimate of drug-likeness (QED) is 0.0411. The molecular formula is C33H38FN8O11S2+. The first-order valence-corrected chi connectivity index (χ1v) is 18.8. The van der Waals surface area contributed by atoms with Crippen molar-refractivity contribution in [2.75, 3.05) is 38.5 Å². The van der Waals surface area contributed by atoms with Crippen molar-refractivity contribution in [1.82, 2.24) is 20.1 Å². The molecule has 1 aromatic carbocycles. The number of piperidine rings is 1. The van der Waals surface area contributed by atoms with E-state index in [0.29, 0.717) is 42.5 Å².